The Morgan fingerprint density at radius 3 is 2.65 bits per heavy atom. The van der Waals surface area contributed by atoms with Crippen molar-refractivity contribution in [2.75, 3.05) is 71.7 Å². The van der Waals surface area contributed by atoms with E-state index in [1.807, 2.05) is 12.1 Å². The predicted molar refractivity (Wildman–Crippen MR) is 117 cm³/mol. The van der Waals surface area contributed by atoms with Gasteiger partial charge in [0, 0.05) is 26.2 Å². The molecule has 0 radical (unpaired) electrons. The number of anilines is 1. The van der Waals surface area contributed by atoms with Crippen molar-refractivity contribution in [2.45, 2.75) is 6.42 Å². The number of ether oxygens (including phenoxy) is 5. The molecule has 2 aromatic rings. The SMILES string of the molecule is COc1ccc(OC)c2sc(N(CCCN3CCOCC3)C(=O)C3=COCCO3)nc12. The molecule has 1 amide bonds. The van der Waals surface area contributed by atoms with Crippen LogP contribution in [0.3, 0.4) is 0 Å². The molecule has 9 nitrogen and oxygen atoms in total. The third-order valence-corrected chi connectivity index (χ3v) is 6.29. The van der Waals surface area contributed by atoms with Gasteiger partial charge in [0.15, 0.2) is 5.13 Å². The maximum atomic E-state index is 13.3. The van der Waals surface area contributed by atoms with E-state index >= 15 is 0 Å². The second kappa shape index (κ2) is 10.2. The fraction of sp³-hybridized carbons (Fsp3) is 0.524. The second-order valence-electron chi connectivity index (χ2n) is 7.11. The molecule has 2 aliphatic heterocycles. The van der Waals surface area contributed by atoms with E-state index in [9.17, 15) is 4.79 Å². The molecule has 3 heterocycles. The molecule has 31 heavy (non-hydrogen) atoms. The monoisotopic (exact) mass is 449 g/mol. The van der Waals surface area contributed by atoms with Crippen molar-refractivity contribution in [2.24, 2.45) is 0 Å². The highest BCUT2D eigenvalue weighted by Gasteiger charge is 2.27. The largest absolute Gasteiger partial charge is 0.495 e. The molecule has 1 fully saturated rings. The van der Waals surface area contributed by atoms with E-state index < -0.39 is 0 Å². The zero-order valence-electron chi connectivity index (χ0n) is 17.8. The van der Waals surface area contributed by atoms with Crippen molar-refractivity contribution >= 4 is 32.6 Å². The Morgan fingerprint density at radius 2 is 1.94 bits per heavy atom. The number of hydrogen-bond donors (Lipinski definition) is 0. The van der Waals surface area contributed by atoms with Gasteiger partial charge in [-0.25, -0.2) is 4.98 Å². The summed E-state index contributed by atoms with van der Waals surface area (Å²) in [5.74, 6) is 1.25. The summed E-state index contributed by atoms with van der Waals surface area (Å²) in [6.45, 7) is 5.47. The van der Waals surface area contributed by atoms with Crippen molar-refractivity contribution in [1.29, 1.82) is 0 Å². The van der Waals surface area contributed by atoms with E-state index in [1.54, 1.807) is 19.1 Å². The lowest BCUT2D eigenvalue weighted by Gasteiger charge is -2.28. The minimum atomic E-state index is -0.265. The van der Waals surface area contributed by atoms with Gasteiger partial charge >= 0.3 is 0 Å². The third kappa shape index (κ3) is 4.86. The number of carbonyl (C=O) groups is 1. The number of thiazole rings is 1. The highest BCUT2D eigenvalue weighted by molar-refractivity contribution is 7.22. The van der Waals surface area contributed by atoms with Crippen molar-refractivity contribution in [3.05, 3.63) is 24.2 Å². The molecule has 0 spiro atoms. The van der Waals surface area contributed by atoms with Crippen molar-refractivity contribution in [3.63, 3.8) is 0 Å². The molecule has 0 unspecified atom stereocenters. The molecule has 0 aliphatic carbocycles. The Balaban J connectivity index is 1.61. The lowest BCUT2D eigenvalue weighted by Crippen LogP contribution is -2.40. The van der Waals surface area contributed by atoms with Crippen molar-refractivity contribution < 1.29 is 28.5 Å². The zero-order chi connectivity index (χ0) is 21.6. The van der Waals surface area contributed by atoms with Crippen LogP contribution >= 0.6 is 11.3 Å². The van der Waals surface area contributed by atoms with E-state index in [0.717, 1.165) is 44.0 Å². The Kier molecular flexibility index (Phi) is 7.10. The second-order valence-corrected chi connectivity index (χ2v) is 8.09. The van der Waals surface area contributed by atoms with E-state index in [4.69, 9.17) is 28.7 Å². The van der Waals surface area contributed by atoms with Crippen LogP contribution < -0.4 is 14.4 Å². The molecule has 0 saturated carbocycles. The number of amides is 1. The quantitative estimate of drug-likeness (QED) is 0.607. The molecule has 168 valence electrons. The molecule has 1 saturated heterocycles. The van der Waals surface area contributed by atoms with Crippen LogP contribution in [0.15, 0.2) is 24.2 Å². The molecule has 1 aromatic heterocycles. The summed E-state index contributed by atoms with van der Waals surface area (Å²) in [4.78, 5) is 22.0. The number of rotatable bonds is 8. The molecule has 4 rings (SSSR count). The van der Waals surface area contributed by atoms with Crippen LogP contribution in [0.25, 0.3) is 10.2 Å². The summed E-state index contributed by atoms with van der Waals surface area (Å²) >= 11 is 1.40. The molecular weight excluding hydrogens is 422 g/mol. The van der Waals surface area contributed by atoms with Crippen molar-refractivity contribution in [1.82, 2.24) is 9.88 Å². The average Bonchev–Trinajstić information content (AvgIpc) is 3.27. The number of methoxy groups -OCH3 is 2. The van der Waals surface area contributed by atoms with Crippen LogP contribution in [0.4, 0.5) is 5.13 Å². The van der Waals surface area contributed by atoms with Gasteiger partial charge in [-0.3, -0.25) is 14.6 Å². The molecular formula is C21H27N3O6S. The molecule has 2 aliphatic rings. The lowest BCUT2D eigenvalue weighted by atomic mass is 10.3. The number of benzene rings is 1. The van der Waals surface area contributed by atoms with Gasteiger partial charge in [0.05, 0.1) is 27.4 Å². The summed E-state index contributed by atoms with van der Waals surface area (Å²) in [6, 6.07) is 3.66. The van der Waals surface area contributed by atoms with E-state index in [1.165, 1.54) is 17.6 Å². The first-order chi connectivity index (χ1) is 15.2. The van der Waals surface area contributed by atoms with Crippen LogP contribution in [0.5, 0.6) is 11.5 Å². The van der Waals surface area contributed by atoms with E-state index in [0.29, 0.717) is 41.9 Å². The smallest absolute Gasteiger partial charge is 0.298 e. The summed E-state index contributed by atoms with van der Waals surface area (Å²) in [7, 11) is 3.22. The van der Waals surface area contributed by atoms with Crippen molar-refractivity contribution in [3.8, 4) is 11.5 Å². The Bertz CT molecular complexity index is 900. The zero-order valence-corrected chi connectivity index (χ0v) is 18.6. The Hall–Kier alpha value is -2.56. The number of morpholine rings is 1. The first kappa shape index (κ1) is 21.7. The fourth-order valence-electron chi connectivity index (χ4n) is 3.56. The number of carbonyl (C=O) groups excluding carboxylic acids is 1. The first-order valence-electron chi connectivity index (χ1n) is 10.3. The molecule has 0 N–H and O–H groups in total. The Morgan fingerprint density at radius 1 is 1.16 bits per heavy atom. The molecule has 10 heteroatoms. The van der Waals surface area contributed by atoms with Crippen LogP contribution in [0.2, 0.25) is 0 Å². The fourth-order valence-corrected chi connectivity index (χ4v) is 4.66. The van der Waals surface area contributed by atoms with E-state index in [2.05, 4.69) is 4.90 Å². The van der Waals surface area contributed by atoms with Crippen LogP contribution in [-0.2, 0) is 19.0 Å². The highest BCUT2D eigenvalue weighted by Crippen LogP contribution is 2.40. The van der Waals surface area contributed by atoms with Gasteiger partial charge in [-0.1, -0.05) is 11.3 Å². The standard InChI is InChI=1S/C21H27N3O6S/c1-26-15-4-5-16(27-2)19-18(15)22-21(31-19)24(20(25)17-14-29-12-13-30-17)7-3-6-23-8-10-28-11-9-23/h4-5,14H,3,6-13H2,1-2H3. The van der Waals surface area contributed by atoms with Gasteiger partial charge in [-0.2, -0.15) is 0 Å². The van der Waals surface area contributed by atoms with Gasteiger partial charge in [-0.05, 0) is 18.6 Å². The van der Waals surface area contributed by atoms with Gasteiger partial charge in [0.1, 0.15) is 41.2 Å². The summed E-state index contributed by atoms with van der Waals surface area (Å²) in [5.41, 5.74) is 0.669. The maximum absolute atomic E-state index is 13.3. The first-order valence-corrected chi connectivity index (χ1v) is 11.1. The topological polar surface area (TPSA) is 82.6 Å². The lowest BCUT2D eigenvalue weighted by molar-refractivity contribution is -0.119. The maximum Gasteiger partial charge on any atom is 0.298 e. The number of fused-ring (bicyclic) bond motifs is 1. The normalized spacial score (nSPS) is 16.9. The summed E-state index contributed by atoms with van der Waals surface area (Å²) in [6.07, 6.45) is 2.18. The third-order valence-electron chi connectivity index (χ3n) is 5.19. The average molecular weight is 450 g/mol. The number of aromatic nitrogens is 1. The summed E-state index contributed by atoms with van der Waals surface area (Å²) < 4.78 is 28.1. The van der Waals surface area contributed by atoms with Crippen LogP contribution in [0, 0.1) is 0 Å². The number of nitrogens with zero attached hydrogens (tertiary/aromatic N) is 3. The van der Waals surface area contributed by atoms with Crippen LogP contribution in [-0.4, -0.2) is 82.6 Å². The van der Waals surface area contributed by atoms with Gasteiger partial charge in [0.2, 0.25) is 5.76 Å². The summed E-state index contributed by atoms with van der Waals surface area (Å²) in [5, 5.41) is 0.569. The number of hydrogen-bond acceptors (Lipinski definition) is 9. The van der Waals surface area contributed by atoms with Crippen LogP contribution in [0.1, 0.15) is 6.42 Å². The predicted octanol–water partition coefficient (Wildman–Crippen LogP) is 2.26. The van der Waals surface area contributed by atoms with Gasteiger partial charge in [0.25, 0.3) is 5.91 Å². The van der Waals surface area contributed by atoms with Gasteiger partial charge in [-0.15, -0.1) is 0 Å². The molecule has 0 atom stereocenters. The van der Waals surface area contributed by atoms with Gasteiger partial charge < -0.3 is 23.7 Å². The minimum Gasteiger partial charge on any atom is -0.495 e. The minimum absolute atomic E-state index is 0.191. The molecule has 1 aromatic carbocycles. The molecule has 0 bridgehead atoms. The highest BCUT2D eigenvalue weighted by atomic mass is 32.1. The van der Waals surface area contributed by atoms with E-state index in [-0.39, 0.29) is 11.7 Å². The Labute approximate surface area is 185 Å².